The summed E-state index contributed by atoms with van der Waals surface area (Å²) < 4.78 is 10.7. The Morgan fingerprint density at radius 3 is 2.50 bits per heavy atom. The van der Waals surface area contributed by atoms with Gasteiger partial charge in [0.2, 0.25) is 5.43 Å². The van der Waals surface area contributed by atoms with Gasteiger partial charge in [-0.2, -0.15) is 0 Å². The molecular weight excluding hydrogens is 280 g/mol. The van der Waals surface area contributed by atoms with E-state index in [4.69, 9.17) is 9.15 Å². The molecule has 0 N–H and O–H groups in total. The van der Waals surface area contributed by atoms with Crippen molar-refractivity contribution in [2.75, 3.05) is 0 Å². The third kappa shape index (κ3) is 2.39. The van der Waals surface area contributed by atoms with Gasteiger partial charge < -0.3 is 9.15 Å². The molecule has 2 aromatic carbocycles. The predicted molar refractivity (Wildman–Crippen MR) is 84.0 cm³/mol. The highest BCUT2D eigenvalue weighted by Gasteiger charge is 2.14. The molecule has 0 amide bonds. The molecule has 0 fully saturated rings. The predicted octanol–water partition coefficient (Wildman–Crippen LogP) is 3.69. The summed E-state index contributed by atoms with van der Waals surface area (Å²) in [5.74, 6) is -0.0127. The third-order valence-electron chi connectivity index (χ3n) is 3.48. The highest BCUT2D eigenvalue weighted by molar-refractivity contribution is 5.86. The first-order valence-electron chi connectivity index (χ1n) is 6.87. The summed E-state index contributed by atoms with van der Waals surface area (Å²) in [5, 5.41) is 0.467. The van der Waals surface area contributed by atoms with Crippen molar-refractivity contribution in [3.05, 3.63) is 64.5 Å². The first-order valence-corrected chi connectivity index (χ1v) is 6.87. The van der Waals surface area contributed by atoms with E-state index in [2.05, 4.69) is 0 Å². The molecule has 3 aromatic rings. The van der Waals surface area contributed by atoms with Gasteiger partial charge in [0.05, 0.1) is 10.9 Å². The number of hydrogen-bond donors (Lipinski definition) is 0. The van der Waals surface area contributed by atoms with Crippen LogP contribution in [0.15, 0.2) is 57.9 Å². The summed E-state index contributed by atoms with van der Waals surface area (Å²) in [6.07, 6.45) is 1.45. The normalized spacial score (nSPS) is 10.6. The molecule has 1 aromatic heterocycles. The van der Waals surface area contributed by atoms with Gasteiger partial charge in [-0.15, -0.1) is 0 Å². The van der Waals surface area contributed by atoms with E-state index >= 15 is 0 Å². The van der Waals surface area contributed by atoms with Crippen molar-refractivity contribution < 1.29 is 13.9 Å². The maximum Gasteiger partial charge on any atom is 0.308 e. The molecular formula is C18H14O4. The lowest BCUT2D eigenvalue weighted by Crippen LogP contribution is -2.07. The average molecular weight is 294 g/mol. The van der Waals surface area contributed by atoms with E-state index < -0.39 is 5.97 Å². The van der Waals surface area contributed by atoms with E-state index in [1.165, 1.54) is 13.2 Å². The molecule has 0 saturated carbocycles. The minimum atomic E-state index is -0.411. The number of carbonyl (C=O) groups excluding carboxylic acids is 1. The lowest BCUT2D eigenvalue weighted by Gasteiger charge is -2.08. The van der Waals surface area contributed by atoms with Crippen LogP contribution in [0.5, 0.6) is 5.75 Å². The molecule has 0 aliphatic rings. The molecule has 4 heteroatoms. The van der Waals surface area contributed by atoms with Gasteiger partial charge in [-0.05, 0) is 24.6 Å². The molecule has 1 heterocycles. The SMILES string of the molecule is CC(=O)Oc1ccc2c(=O)c(-c3ccccc3)coc2c1C. The van der Waals surface area contributed by atoms with Crippen molar-refractivity contribution in [1.82, 2.24) is 0 Å². The van der Waals surface area contributed by atoms with Crippen molar-refractivity contribution in [2.24, 2.45) is 0 Å². The molecule has 0 unspecified atom stereocenters. The first kappa shape index (κ1) is 14.1. The second kappa shape index (κ2) is 5.48. The van der Waals surface area contributed by atoms with Crippen molar-refractivity contribution in [3.8, 4) is 16.9 Å². The molecule has 0 saturated heterocycles. The van der Waals surface area contributed by atoms with E-state index in [1.54, 1.807) is 19.1 Å². The van der Waals surface area contributed by atoms with Gasteiger partial charge in [0.15, 0.2) is 0 Å². The molecule has 0 aliphatic carbocycles. The summed E-state index contributed by atoms with van der Waals surface area (Å²) in [5.41, 5.74) is 2.27. The van der Waals surface area contributed by atoms with Crippen LogP contribution in [0.2, 0.25) is 0 Å². The van der Waals surface area contributed by atoms with E-state index in [0.717, 1.165) is 5.56 Å². The quantitative estimate of drug-likeness (QED) is 0.534. The van der Waals surface area contributed by atoms with Crippen molar-refractivity contribution in [1.29, 1.82) is 0 Å². The fraction of sp³-hybridized carbons (Fsp3) is 0.111. The van der Waals surface area contributed by atoms with Crippen LogP contribution in [0, 0.1) is 6.92 Å². The number of carbonyl (C=O) groups is 1. The Morgan fingerprint density at radius 2 is 1.82 bits per heavy atom. The molecule has 0 radical (unpaired) electrons. The molecule has 110 valence electrons. The Hall–Kier alpha value is -2.88. The molecule has 22 heavy (non-hydrogen) atoms. The molecule has 3 rings (SSSR count). The number of hydrogen-bond acceptors (Lipinski definition) is 4. The van der Waals surface area contributed by atoms with Crippen molar-refractivity contribution >= 4 is 16.9 Å². The van der Waals surface area contributed by atoms with E-state index in [-0.39, 0.29) is 5.43 Å². The maximum absolute atomic E-state index is 12.6. The molecule has 0 spiro atoms. The van der Waals surface area contributed by atoms with Gasteiger partial charge in [0, 0.05) is 12.5 Å². The van der Waals surface area contributed by atoms with Crippen LogP contribution in [0.3, 0.4) is 0 Å². The van der Waals surface area contributed by atoms with Gasteiger partial charge >= 0.3 is 5.97 Å². The number of fused-ring (bicyclic) bond motifs is 1. The van der Waals surface area contributed by atoms with Gasteiger partial charge in [0.25, 0.3) is 0 Å². The fourth-order valence-corrected chi connectivity index (χ4v) is 2.40. The van der Waals surface area contributed by atoms with Crippen molar-refractivity contribution in [3.63, 3.8) is 0 Å². The summed E-state index contributed by atoms with van der Waals surface area (Å²) in [6.45, 7) is 3.09. The Kier molecular flexibility index (Phi) is 3.51. The lowest BCUT2D eigenvalue weighted by atomic mass is 10.0. The second-order valence-electron chi connectivity index (χ2n) is 5.00. The number of esters is 1. The van der Waals surface area contributed by atoms with Crippen LogP contribution in [0.25, 0.3) is 22.1 Å². The fourth-order valence-electron chi connectivity index (χ4n) is 2.40. The minimum Gasteiger partial charge on any atom is -0.463 e. The lowest BCUT2D eigenvalue weighted by molar-refractivity contribution is -0.131. The van der Waals surface area contributed by atoms with Crippen LogP contribution in [-0.4, -0.2) is 5.97 Å². The largest absolute Gasteiger partial charge is 0.463 e. The minimum absolute atomic E-state index is 0.107. The smallest absolute Gasteiger partial charge is 0.308 e. The zero-order valence-electron chi connectivity index (χ0n) is 12.3. The van der Waals surface area contributed by atoms with E-state index in [1.807, 2.05) is 30.3 Å². The summed E-state index contributed by atoms with van der Waals surface area (Å²) >= 11 is 0. The first-order chi connectivity index (χ1) is 10.6. The second-order valence-corrected chi connectivity index (χ2v) is 5.00. The van der Waals surface area contributed by atoms with Crippen LogP contribution in [-0.2, 0) is 4.79 Å². The molecule has 4 nitrogen and oxygen atoms in total. The maximum atomic E-state index is 12.6. The van der Waals surface area contributed by atoms with Gasteiger partial charge in [-0.1, -0.05) is 30.3 Å². The number of benzene rings is 2. The number of aryl methyl sites for hydroxylation is 1. The molecule has 0 aliphatic heterocycles. The Balaban J connectivity index is 2.21. The van der Waals surface area contributed by atoms with Gasteiger partial charge in [-0.3, -0.25) is 9.59 Å². The van der Waals surface area contributed by atoms with Crippen LogP contribution in [0.4, 0.5) is 0 Å². The highest BCUT2D eigenvalue weighted by Crippen LogP contribution is 2.27. The topological polar surface area (TPSA) is 56.5 Å². The van der Waals surface area contributed by atoms with E-state index in [0.29, 0.717) is 27.8 Å². The Labute approximate surface area is 127 Å². The standard InChI is InChI=1S/C18H14O4/c1-11-16(22-12(2)19)9-8-14-17(20)15(10-21-18(11)14)13-6-4-3-5-7-13/h3-10H,1-2H3. The summed E-state index contributed by atoms with van der Waals surface area (Å²) in [4.78, 5) is 23.7. The van der Waals surface area contributed by atoms with E-state index in [9.17, 15) is 9.59 Å². The Morgan fingerprint density at radius 1 is 1.09 bits per heavy atom. The van der Waals surface area contributed by atoms with Crippen LogP contribution in [0.1, 0.15) is 12.5 Å². The number of rotatable bonds is 2. The van der Waals surface area contributed by atoms with Crippen LogP contribution < -0.4 is 10.2 Å². The zero-order chi connectivity index (χ0) is 15.7. The average Bonchev–Trinajstić information content (AvgIpc) is 2.51. The van der Waals surface area contributed by atoms with Gasteiger partial charge in [0.1, 0.15) is 17.6 Å². The summed E-state index contributed by atoms with van der Waals surface area (Å²) in [7, 11) is 0. The molecule has 0 atom stereocenters. The molecule has 0 bridgehead atoms. The van der Waals surface area contributed by atoms with Crippen LogP contribution >= 0.6 is 0 Å². The van der Waals surface area contributed by atoms with Gasteiger partial charge in [-0.25, -0.2) is 0 Å². The highest BCUT2D eigenvalue weighted by atomic mass is 16.5. The number of ether oxygens (including phenoxy) is 1. The van der Waals surface area contributed by atoms with Crippen molar-refractivity contribution in [2.45, 2.75) is 13.8 Å². The summed E-state index contributed by atoms with van der Waals surface area (Å²) in [6, 6.07) is 12.6. The Bertz CT molecular complexity index is 908. The monoisotopic (exact) mass is 294 g/mol. The zero-order valence-corrected chi connectivity index (χ0v) is 12.3. The third-order valence-corrected chi connectivity index (χ3v) is 3.48.